The van der Waals surface area contributed by atoms with Gasteiger partial charge in [-0.2, -0.15) is 0 Å². The lowest BCUT2D eigenvalue weighted by atomic mass is 10.2. The summed E-state index contributed by atoms with van der Waals surface area (Å²) >= 11 is 5.76. The topological polar surface area (TPSA) is 53.1 Å². The first-order valence-electron chi connectivity index (χ1n) is 3.58. The van der Waals surface area contributed by atoms with E-state index in [0.717, 1.165) is 15.9 Å². The number of fused-ring (bicyclic) bond motifs is 1. The summed E-state index contributed by atoms with van der Waals surface area (Å²) in [6.45, 7) is -0.250. The molecule has 13 heavy (non-hydrogen) atoms. The lowest BCUT2D eigenvalue weighted by Gasteiger charge is -1.88. The highest BCUT2D eigenvalue weighted by Gasteiger charge is 1.92. The third-order valence-corrected chi connectivity index (χ3v) is 1.75. The number of benzene rings is 1. The number of hydrogen-bond acceptors (Lipinski definition) is 1. The van der Waals surface area contributed by atoms with Gasteiger partial charge in [-0.1, -0.05) is 11.6 Å². The maximum absolute atomic E-state index is 8.36. The van der Waals surface area contributed by atoms with Crippen LogP contribution in [0.15, 0.2) is 30.5 Å². The second kappa shape index (κ2) is 4.52. The van der Waals surface area contributed by atoms with Gasteiger partial charge in [-0.3, -0.25) is 4.79 Å². The molecule has 0 amide bonds. The number of nitrogens with one attached hydrogen (secondary N) is 1. The monoisotopic (exact) mass is 197 g/mol. The van der Waals surface area contributed by atoms with Crippen molar-refractivity contribution in [2.24, 2.45) is 0 Å². The summed E-state index contributed by atoms with van der Waals surface area (Å²) in [5, 5.41) is 8.83. The number of rotatable bonds is 0. The Morgan fingerprint density at radius 3 is 2.77 bits per heavy atom. The highest BCUT2D eigenvalue weighted by molar-refractivity contribution is 6.31. The molecule has 0 aliphatic rings. The van der Waals surface area contributed by atoms with Crippen molar-refractivity contribution in [1.82, 2.24) is 4.98 Å². The Morgan fingerprint density at radius 2 is 2.08 bits per heavy atom. The Kier molecular flexibility index (Phi) is 3.34. The van der Waals surface area contributed by atoms with Gasteiger partial charge in [-0.15, -0.1) is 0 Å². The van der Waals surface area contributed by atoms with Crippen LogP contribution >= 0.6 is 11.6 Å². The molecule has 3 nitrogen and oxygen atoms in total. The van der Waals surface area contributed by atoms with Gasteiger partial charge in [0.15, 0.2) is 0 Å². The highest BCUT2D eigenvalue weighted by atomic mass is 35.5. The van der Waals surface area contributed by atoms with E-state index >= 15 is 0 Å². The molecule has 1 aromatic carbocycles. The van der Waals surface area contributed by atoms with Crippen molar-refractivity contribution >= 4 is 29.0 Å². The van der Waals surface area contributed by atoms with Crippen LogP contribution in [0.4, 0.5) is 0 Å². The normalized spacial score (nSPS) is 9.00. The maximum atomic E-state index is 8.36. The van der Waals surface area contributed by atoms with E-state index < -0.39 is 0 Å². The van der Waals surface area contributed by atoms with Crippen molar-refractivity contribution in [3.8, 4) is 0 Å². The third kappa shape index (κ3) is 2.49. The smallest absolute Gasteiger partial charge is 0.290 e. The first-order chi connectivity index (χ1) is 6.27. The molecule has 0 saturated heterocycles. The Balaban J connectivity index is 0.000000251. The predicted molar refractivity (Wildman–Crippen MR) is 52.0 cm³/mol. The number of carbonyl (C=O) groups is 1. The fourth-order valence-corrected chi connectivity index (χ4v) is 1.20. The minimum Gasteiger partial charge on any atom is -0.483 e. The molecule has 4 heteroatoms. The molecule has 2 rings (SSSR count). The van der Waals surface area contributed by atoms with Crippen molar-refractivity contribution in [1.29, 1.82) is 0 Å². The van der Waals surface area contributed by atoms with Crippen LogP contribution < -0.4 is 0 Å². The Morgan fingerprint density at radius 1 is 1.38 bits per heavy atom. The van der Waals surface area contributed by atoms with E-state index in [4.69, 9.17) is 21.5 Å². The molecular weight excluding hydrogens is 190 g/mol. The number of aromatic nitrogens is 1. The molecule has 0 fully saturated rings. The van der Waals surface area contributed by atoms with Gasteiger partial charge in [0, 0.05) is 22.1 Å². The van der Waals surface area contributed by atoms with Gasteiger partial charge in [0.1, 0.15) is 0 Å². The number of H-pyrrole nitrogens is 1. The minimum atomic E-state index is -0.250. The molecule has 0 spiro atoms. The summed E-state index contributed by atoms with van der Waals surface area (Å²) in [6, 6.07) is 7.78. The van der Waals surface area contributed by atoms with Gasteiger partial charge >= 0.3 is 0 Å². The summed E-state index contributed by atoms with van der Waals surface area (Å²) in [5.41, 5.74) is 1.13. The van der Waals surface area contributed by atoms with E-state index in [9.17, 15) is 0 Å². The first kappa shape index (κ1) is 9.61. The zero-order chi connectivity index (χ0) is 9.68. The number of halogens is 1. The zero-order valence-corrected chi connectivity index (χ0v) is 7.45. The van der Waals surface area contributed by atoms with Gasteiger partial charge in [0.25, 0.3) is 6.47 Å². The molecule has 0 radical (unpaired) electrons. The van der Waals surface area contributed by atoms with Crippen molar-refractivity contribution in [2.45, 2.75) is 0 Å². The zero-order valence-electron chi connectivity index (χ0n) is 6.70. The average Bonchev–Trinajstić information content (AvgIpc) is 2.52. The van der Waals surface area contributed by atoms with Crippen LogP contribution in [0, 0.1) is 0 Å². The van der Waals surface area contributed by atoms with Crippen molar-refractivity contribution < 1.29 is 9.90 Å². The molecule has 1 heterocycles. The quantitative estimate of drug-likeness (QED) is 0.638. The number of aromatic amines is 1. The molecule has 68 valence electrons. The minimum absolute atomic E-state index is 0.250. The fourth-order valence-electron chi connectivity index (χ4n) is 1.02. The SMILES string of the molecule is Clc1ccc2[nH]ccc2c1.O=CO. The van der Waals surface area contributed by atoms with Gasteiger partial charge < -0.3 is 10.1 Å². The molecule has 0 saturated carbocycles. The van der Waals surface area contributed by atoms with E-state index in [1.165, 1.54) is 0 Å². The van der Waals surface area contributed by atoms with Gasteiger partial charge in [-0.25, -0.2) is 0 Å². The van der Waals surface area contributed by atoms with Crippen LogP contribution in [-0.4, -0.2) is 16.6 Å². The maximum Gasteiger partial charge on any atom is 0.290 e. The van der Waals surface area contributed by atoms with E-state index in [1.54, 1.807) is 0 Å². The van der Waals surface area contributed by atoms with Crippen molar-refractivity contribution in [3.63, 3.8) is 0 Å². The second-order valence-corrected chi connectivity index (χ2v) is 2.75. The summed E-state index contributed by atoms with van der Waals surface area (Å²) in [5.74, 6) is 0. The van der Waals surface area contributed by atoms with Gasteiger partial charge in [-0.05, 0) is 24.3 Å². The van der Waals surface area contributed by atoms with Crippen molar-refractivity contribution in [3.05, 3.63) is 35.5 Å². The van der Waals surface area contributed by atoms with Gasteiger partial charge in [0.05, 0.1) is 0 Å². The average molecular weight is 198 g/mol. The lowest BCUT2D eigenvalue weighted by molar-refractivity contribution is -0.122. The summed E-state index contributed by atoms with van der Waals surface area (Å²) in [4.78, 5) is 11.4. The predicted octanol–water partition coefficient (Wildman–Crippen LogP) is 2.52. The molecule has 0 bridgehead atoms. The van der Waals surface area contributed by atoms with E-state index in [-0.39, 0.29) is 6.47 Å². The summed E-state index contributed by atoms with van der Waals surface area (Å²) in [7, 11) is 0. The van der Waals surface area contributed by atoms with E-state index in [0.29, 0.717) is 0 Å². The number of hydrogen-bond donors (Lipinski definition) is 2. The molecular formula is C9H8ClNO2. The molecule has 2 aromatic rings. The lowest BCUT2D eigenvalue weighted by Crippen LogP contribution is -1.65. The van der Waals surface area contributed by atoms with Crippen LogP contribution in [0.2, 0.25) is 5.02 Å². The third-order valence-electron chi connectivity index (χ3n) is 1.52. The summed E-state index contributed by atoms with van der Waals surface area (Å²) in [6.07, 6.45) is 1.90. The second-order valence-electron chi connectivity index (χ2n) is 2.31. The first-order valence-corrected chi connectivity index (χ1v) is 3.96. The standard InChI is InChI=1S/C8H6ClN.CH2O2/c9-7-1-2-8-6(5-7)3-4-10-8;2-1-3/h1-5,10H;1H,(H,2,3). The molecule has 2 N–H and O–H groups in total. The molecule has 0 aliphatic heterocycles. The Bertz CT molecular complexity index is 397. The van der Waals surface area contributed by atoms with Crippen LogP contribution in [0.3, 0.4) is 0 Å². The molecule has 1 aromatic heterocycles. The Hall–Kier alpha value is -1.48. The van der Waals surface area contributed by atoms with Crippen LogP contribution in [-0.2, 0) is 4.79 Å². The summed E-state index contributed by atoms with van der Waals surface area (Å²) < 4.78 is 0. The van der Waals surface area contributed by atoms with Gasteiger partial charge in [0.2, 0.25) is 0 Å². The Labute approximate surface area is 80.0 Å². The molecule has 0 atom stereocenters. The largest absolute Gasteiger partial charge is 0.483 e. The number of carboxylic acid groups (broad SMARTS) is 1. The molecule has 0 unspecified atom stereocenters. The van der Waals surface area contributed by atoms with Crippen LogP contribution in [0.5, 0.6) is 0 Å². The fraction of sp³-hybridized carbons (Fsp3) is 0. The van der Waals surface area contributed by atoms with Crippen LogP contribution in [0.25, 0.3) is 10.9 Å². The van der Waals surface area contributed by atoms with Crippen LogP contribution in [0.1, 0.15) is 0 Å². The van der Waals surface area contributed by atoms with E-state index in [2.05, 4.69) is 4.98 Å². The van der Waals surface area contributed by atoms with E-state index in [1.807, 2.05) is 30.5 Å². The highest BCUT2D eigenvalue weighted by Crippen LogP contribution is 2.17. The molecule has 0 aliphatic carbocycles. The van der Waals surface area contributed by atoms with Crippen molar-refractivity contribution in [2.75, 3.05) is 0 Å².